The molecule has 0 radical (unpaired) electrons. The van der Waals surface area contributed by atoms with Crippen LogP contribution >= 0.6 is 0 Å². The van der Waals surface area contributed by atoms with Gasteiger partial charge in [-0.2, -0.15) is 0 Å². The maximum Gasteiger partial charge on any atom is 0.329 e. The number of rotatable bonds is 29. The molecule has 1 aromatic rings. The van der Waals surface area contributed by atoms with Crippen molar-refractivity contribution >= 4 is 29.6 Å². The zero-order valence-corrected chi connectivity index (χ0v) is 39.8. The number of ether oxygens (including phenoxy) is 6. The summed E-state index contributed by atoms with van der Waals surface area (Å²) in [6.45, 7) is 15.7. The van der Waals surface area contributed by atoms with Gasteiger partial charge in [0.25, 0.3) is 0 Å². The van der Waals surface area contributed by atoms with E-state index in [0.717, 1.165) is 5.56 Å². The first-order chi connectivity index (χ1) is 29.4. The van der Waals surface area contributed by atoms with E-state index in [9.17, 15) is 24.0 Å². The Labute approximate surface area is 371 Å². The van der Waals surface area contributed by atoms with E-state index in [1.54, 1.807) is 30.9 Å². The van der Waals surface area contributed by atoms with Gasteiger partial charge in [-0.15, -0.1) is 0 Å². The van der Waals surface area contributed by atoms with Gasteiger partial charge in [-0.1, -0.05) is 78.8 Å². The minimum absolute atomic E-state index is 0.00189. The first-order valence-corrected chi connectivity index (χ1v) is 22.1. The molecule has 1 fully saturated rings. The average molecular weight is 878 g/mol. The quantitative estimate of drug-likeness (QED) is 0.0891. The van der Waals surface area contributed by atoms with Crippen molar-refractivity contribution in [3.8, 4) is 0 Å². The molecule has 1 aliphatic heterocycles. The van der Waals surface area contributed by atoms with Gasteiger partial charge in [0.1, 0.15) is 18.7 Å². The zero-order valence-electron chi connectivity index (χ0n) is 39.8. The lowest BCUT2D eigenvalue weighted by molar-refractivity contribution is -0.151. The zero-order chi connectivity index (χ0) is 46.5. The number of nitrogens with zero attached hydrogens (tertiary/aromatic N) is 3. The van der Waals surface area contributed by atoms with Crippen molar-refractivity contribution in [3.63, 3.8) is 0 Å². The lowest BCUT2D eigenvalue weighted by Gasteiger charge is -2.40. The molecule has 16 nitrogen and oxygen atoms in total. The summed E-state index contributed by atoms with van der Waals surface area (Å²) < 4.78 is 33.4. The number of methoxy groups -OCH3 is 3. The number of esters is 1. The number of carbonyl (C=O) groups is 5. The fourth-order valence-corrected chi connectivity index (χ4v) is 8.41. The molecule has 1 aromatic carbocycles. The molecule has 0 aliphatic carbocycles. The minimum atomic E-state index is -0.980. The number of benzene rings is 1. The molecule has 62 heavy (non-hydrogen) atoms. The lowest BCUT2D eigenvalue weighted by atomic mass is 9.91. The molecule has 0 aromatic heterocycles. The van der Waals surface area contributed by atoms with E-state index in [0.29, 0.717) is 45.8 Å². The van der Waals surface area contributed by atoms with Gasteiger partial charge in [-0.3, -0.25) is 24.1 Å². The third kappa shape index (κ3) is 16.8. The number of likely N-dealkylation sites (tertiary alicyclic amines) is 1. The highest BCUT2D eigenvalue weighted by atomic mass is 16.6. The highest BCUT2D eigenvalue weighted by Gasteiger charge is 2.43. The largest absolute Gasteiger partial charge is 0.462 e. The van der Waals surface area contributed by atoms with Gasteiger partial charge in [-0.25, -0.2) is 4.79 Å². The molecule has 0 saturated carbocycles. The summed E-state index contributed by atoms with van der Waals surface area (Å²) in [4.78, 5) is 74.5. The molecule has 354 valence electrons. The molecule has 1 saturated heterocycles. The summed E-state index contributed by atoms with van der Waals surface area (Å²) in [7, 11) is 10.1. The molecule has 4 amide bonds. The maximum absolute atomic E-state index is 14.3. The molecule has 0 unspecified atom stereocenters. The molecular weight excluding hydrogens is 799 g/mol. The lowest BCUT2D eigenvalue weighted by Crippen LogP contribution is -2.59. The highest BCUT2D eigenvalue weighted by molar-refractivity contribution is 5.90. The Kier molecular flexibility index (Phi) is 24.8. The SMILES string of the molecule is COCCOCCOCCOC(=O)[C@H](Cc1ccccc1)NC(=O)[C@H](C)[C@@H](OC)[C@@H]1CCCN1C(=O)C[C@@H](OC)[C@H](C(C)C)N(C)C(=O)[C@@H](NC(=O)[C@H](C(C)C)N(C)C)C(C)C. The van der Waals surface area contributed by atoms with E-state index < -0.39 is 60.2 Å². The Bertz CT molecular complexity index is 1490. The number of hydrogen-bond acceptors (Lipinski definition) is 12. The Morgan fingerprint density at radius 1 is 0.758 bits per heavy atom. The molecule has 0 spiro atoms. The number of carbonyl (C=O) groups excluding carboxylic acids is 5. The van der Waals surface area contributed by atoms with Crippen LogP contribution in [0.1, 0.15) is 73.3 Å². The van der Waals surface area contributed by atoms with Crippen molar-refractivity contribution in [3.05, 3.63) is 35.9 Å². The van der Waals surface area contributed by atoms with Crippen LogP contribution in [0.25, 0.3) is 0 Å². The van der Waals surface area contributed by atoms with Crippen LogP contribution in [0.2, 0.25) is 0 Å². The van der Waals surface area contributed by atoms with E-state index in [1.807, 2.05) is 90.9 Å². The molecule has 2 N–H and O–H groups in total. The summed E-state index contributed by atoms with van der Waals surface area (Å²) in [5, 5.41) is 5.93. The standard InChI is InChI=1S/C46H79N5O11/c1-30(2)39(48-44(54)41(32(5)6)49(8)9)45(55)50(10)40(31(3)4)37(58-12)29-38(52)51-21-17-20-36(51)42(59-13)33(7)43(53)47-35(28-34-18-15-14-16-19-34)46(56)62-27-26-61-25-24-60-23-22-57-11/h14-16,18-19,30-33,35-37,39-42H,17,20-29H2,1-13H3,(H,47,53)(H,48,54)/t33-,35+,36+,37-,39+,40+,41+,42-/m1/s1. The second kappa shape index (κ2) is 28.2. The van der Waals surface area contributed by atoms with E-state index in [4.69, 9.17) is 28.4 Å². The first kappa shape index (κ1) is 54.5. The summed E-state index contributed by atoms with van der Waals surface area (Å²) in [6.07, 6.45) is 0.153. The van der Waals surface area contributed by atoms with Crippen molar-refractivity contribution in [2.75, 3.05) is 88.7 Å². The second-order valence-corrected chi connectivity index (χ2v) is 17.5. The normalized spacial score (nSPS) is 17.7. The summed E-state index contributed by atoms with van der Waals surface area (Å²) in [5.41, 5.74) is 0.844. The third-order valence-electron chi connectivity index (χ3n) is 11.6. The van der Waals surface area contributed by atoms with Crippen molar-refractivity contribution in [1.82, 2.24) is 25.3 Å². The number of hydrogen-bond donors (Lipinski definition) is 2. The maximum atomic E-state index is 14.3. The van der Waals surface area contributed by atoms with E-state index >= 15 is 0 Å². The third-order valence-corrected chi connectivity index (χ3v) is 11.6. The van der Waals surface area contributed by atoms with Crippen molar-refractivity contribution < 1.29 is 52.4 Å². The molecule has 2 rings (SSSR count). The highest BCUT2D eigenvalue weighted by Crippen LogP contribution is 2.29. The van der Waals surface area contributed by atoms with E-state index in [1.165, 1.54) is 14.2 Å². The Hall–Kier alpha value is -3.67. The first-order valence-electron chi connectivity index (χ1n) is 22.1. The van der Waals surface area contributed by atoms with Gasteiger partial charge in [-0.05, 0) is 50.3 Å². The summed E-state index contributed by atoms with van der Waals surface area (Å²) in [5.74, 6) is -2.69. The van der Waals surface area contributed by atoms with Crippen molar-refractivity contribution in [2.24, 2.45) is 23.7 Å². The predicted molar refractivity (Wildman–Crippen MR) is 237 cm³/mol. The van der Waals surface area contributed by atoms with Crippen LogP contribution in [0.4, 0.5) is 0 Å². The van der Waals surface area contributed by atoms with Crippen LogP contribution in [0.3, 0.4) is 0 Å². The van der Waals surface area contributed by atoms with Crippen LogP contribution in [0.15, 0.2) is 30.3 Å². The van der Waals surface area contributed by atoms with E-state index in [-0.39, 0.29) is 61.5 Å². The van der Waals surface area contributed by atoms with Crippen LogP contribution in [0.5, 0.6) is 0 Å². The summed E-state index contributed by atoms with van der Waals surface area (Å²) >= 11 is 0. The Balaban J connectivity index is 2.20. The molecule has 0 bridgehead atoms. The molecule has 1 aliphatic rings. The van der Waals surface area contributed by atoms with E-state index in [2.05, 4.69) is 10.6 Å². The Morgan fingerprint density at radius 2 is 1.37 bits per heavy atom. The van der Waals surface area contributed by atoms with Crippen LogP contribution in [0, 0.1) is 23.7 Å². The topological polar surface area (TPSA) is 175 Å². The van der Waals surface area contributed by atoms with Crippen molar-refractivity contribution in [1.29, 1.82) is 0 Å². The number of likely N-dealkylation sites (N-methyl/N-ethyl adjacent to an activating group) is 2. The van der Waals surface area contributed by atoms with Gasteiger partial charge >= 0.3 is 5.97 Å². The van der Waals surface area contributed by atoms with Gasteiger partial charge in [0, 0.05) is 41.3 Å². The molecular formula is C46H79N5O11. The van der Waals surface area contributed by atoms with Crippen LogP contribution in [-0.2, 0) is 58.8 Å². The molecule has 1 heterocycles. The van der Waals surface area contributed by atoms with Crippen LogP contribution in [-0.4, -0.2) is 175 Å². The minimum Gasteiger partial charge on any atom is -0.462 e. The van der Waals surface area contributed by atoms with Gasteiger partial charge in [0.05, 0.1) is 75.7 Å². The molecule has 16 heteroatoms. The average Bonchev–Trinajstić information content (AvgIpc) is 3.71. The fourth-order valence-electron chi connectivity index (χ4n) is 8.41. The van der Waals surface area contributed by atoms with Crippen LogP contribution < -0.4 is 10.6 Å². The Morgan fingerprint density at radius 3 is 1.90 bits per heavy atom. The number of amides is 4. The second-order valence-electron chi connectivity index (χ2n) is 17.5. The smallest absolute Gasteiger partial charge is 0.329 e. The van der Waals surface area contributed by atoms with Crippen molar-refractivity contribution in [2.45, 2.75) is 117 Å². The monoisotopic (exact) mass is 878 g/mol. The van der Waals surface area contributed by atoms with Gasteiger partial charge < -0.3 is 48.9 Å². The molecule has 8 atom stereocenters. The fraction of sp³-hybridized carbons (Fsp3) is 0.761. The predicted octanol–water partition coefficient (Wildman–Crippen LogP) is 3.19. The summed E-state index contributed by atoms with van der Waals surface area (Å²) in [6, 6.07) is 6.25. The number of nitrogens with one attached hydrogen (secondary N) is 2. The van der Waals surface area contributed by atoms with Gasteiger partial charge in [0.15, 0.2) is 0 Å². The van der Waals surface area contributed by atoms with Gasteiger partial charge in [0.2, 0.25) is 23.6 Å².